The summed E-state index contributed by atoms with van der Waals surface area (Å²) < 4.78 is 29.0. The van der Waals surface area contributed by atoms with Gasteiger partial charge in [-0.05, 0) is 54.8 Å². The Bertz CT molecular complexity index is 961. The van der Waals surface area contributed by atoms with Crippen molar-refractivity contribution in [2.75, 3.05) is 23.3 Å². The maximum Gasteiger partial charge on any atom is 0.229 e. The number of benzene rings is 2. The number of nitrogens with one attached hydrogen (secondary N) is 2. The second-order valence-corrected chi connectivity index (χ2v) is 7.34. The average Bonchev–Trinajstić information content (AvgIpc) is 3.06. The van der Waals surface area contributed by atoms with E-state index >= 15 is 0 Å². The number of halogens is 2. The van der Waals surface area contributed by atoms with Gasteiger partial charge in [-0.15, -0.1) is 0 Å². The van der Waals surface area contributed by atoms with Crippen LogP contribution in [0, 0.1) is 24.5 Å². The Morgan fingerprint density at radius 2 is 2.07 bits per heavy atom. The molecule has 1 unspecified atom stereocenters. The second-order valence-electron chi connectivity index (χ2n) is 7.34. The van der Waals surface area contributed by atoms with E-state index < -0.39 is 23.5 Å². The highest BCUT2D eigenvalue weighted by Gasteiger charge is 2.36. The first-order chi connectivity index (χ1) is 13.4. The number of carbonyl (C=O) groups is 2. The van der Waals surface area contributed by atoms with E-state index in [9.17, 15) is 18.4 Å². The lowest BCUT2D eigenvalue weighted by Crippen LogP contribution is -2.29. The molecule has 0 bridgehead atoms. The van der Waals surface area contributed by atoms with Crippen LogP contribution in [0.1, 0.15) is 23.1 Å². The van der Waals surface area contributed by atoms with Crippen molar-refractivity contribution in [3.05, 3.63) is 58.7 Å². The predicted molar refractivity (Wildman–Crippen MR) is 102 cm³/mol. The van der Waals surface area contributed by atoms with E-state index in [1.54, 1.807) is 31.2 Å². The van der Waals surface area contributed by atoms with Gasteiger partial charge in [-0.1, -0.05) is 12.1 Å². The van der Waals surface area contributed by atoms with E-state index in [-0.39, 0.29) is 30.2 Å². The monoisotopic (exact) mass is 385 g/mol. The SMILES string of the molecule is Cc1ccc(N2CC(C(=O)Nc3ccc4c(c3F)CCNC4)CC2=O)c(F)c1. The molecular weight excluding hydrogens is 364 g/mol. The Morgan fingerprint density at radius 1 is 1.25 bits per heavy atom. The van der Waals surface area contributed by atoms with Crippen LogP contribution in [-0.2, 0) is 22.6 Å². The second kappa shape index (κ2) is 7.31. The molecule has 0 saturated carbocycles. The van der Waals surface area contributed by atoms with E-state index in [2.05, 4.69) is 10.6 Å². The summed E-state index contributed by atoms with van der Waals surface area (Å²) in [5, 5.41) is 5.79. The largest absolute Gasteiger partial charge is 0.323 e. The van der Waals surface area contributed by atoms with Crippen molar-refractivity contribution in [2.45, 2.75) is 26.3 Å². The number of fused-ring (bicyclic) bond motifs is 1. The van der Waals surface area contributed by atoms with E-state index in [0.717, 1.165) is 11.1 Å². The molecule has 5 nitrogen and oxygen atoms in total. The molecule has 2 aliphatic heterocycles. The molecule has 2 heterocycles. The highest BCUT2D eigenvalue weighted by Crippen LogP contribution is 2.30. The van der Waals surface area contributed by atoms with Gasteiger partial charge in [0.15, 0.2) is 0 Å². The normalized spacial score (nSPS) is 18.9. The fraction of sp³-hybridized carbons (Fsp3) is 0.333. The van der Waals surface area contributed by atoms with Crippen LogP contribution in [0.4, 0.5) is 20.2 Å². The lowest BCUT2D eigenvalue weighted by molar-refractivity contribution is -0.122. The predicted octanol–water partition coefficient (Wildman–Crippen LogP) is 2.91. The van der Waals surface area contributed by atoms with Crippen molar-refractivity contribution in [2.24, 2.45) is 5.92 Å². The van der Waals surface area contributed by atoms with Crippen molar-refractivity contribution < 1.29 is 18.4 Å². The molecule has 1 fully saturated rings. The lowest BCUT2D eigenvalue weighted by Gasteiger charge is -2.20. The molecule has 1 saturated heterocycles. The fourth-order valence-electron chi connectivity index (χ4n) is 3.81. The molecule has 1 atom stereocenters. The highest BCUT2D eigenvalue weighted by molar-refractivity contribution is 6.03. The summed E-state index contributed by atoms with van der Waals surface area (Å²) in [5.74, 6) is -2.33. The molecule has 28 heavy (non-hydrogen) atoms. The number of rotatable bonds is 3. The average molecular weight is 385 g/mol. The molecule has 2 aromatic carbocycles. The Kier molecular flexibility index (Phi) is 4.85. The molecule has 2 aromatic rings. The van der Waals surface area contributed by atoms with Gasteiger partial charge in [-0.3, -0.25) is 9.59 Å². The maximum absolute atomic E-state index is 14.7. The number of anilines is 2. The number of hydrogen-bond donors (Lipinski definition) is 2. The summed E-state index contributed by atoms with van der Waals surface area (Å²) in [6.07, 6.45) is 0.531. The molecule has 7 heteroatoms. The lowest BCUT2D eigenvalue weighted by atomic mass is 9.99. The molecule has 2 aliphatic rings. The number of aryl methyl sites for hydroxylation is 1. The highest BCUT2D eigenvalue weighted by atomic mass is 19.1. The van der Waals surface area contributed by atoms with Crippen LogP contribution >= 0.6 is 0 Å². The van der Waals surface area contributed by atoms with Crippen LogP contribution in [-0.4, -0.2) is 24.9 Å². The molecule has 2 amide bonds. The molecule has 2 N–H and O–H groups in total. The van der Waals surface area contributed by atoms with Crippen molar-refractivity contribution >= 4 is 23.2 Å². The number of amides is 2. The standard InChI is InChI=1S/C21H21F2N3O2/c1-12-2-5-18(16(22)8-12)26-11-14(9-19(26)27)21(28)25-17-4-3-13-10-24-7-6-15(13)20(17)23/h2-5,8,14,24H,6-7,9-11H2,1H3,(H,25,28). The first kappa shape index (κ1) is 18.6. The molecule has 0 aromatic heterocycles. The van der Waals surface area contributed by atoms with Gasteiger partial charge in [0.25, 0.3) is 0 Å². The third kappa shape index (κ3) is 3.38. The zero-order chi connectivity index (χ0) is 19.8. The Hall–Kier alpha value is -2.80. The van der Waals surface area contributed by atoms with Crippen LogP contribution in [0.2, 0.25) is 0 Å². The van der Waals surface area contributed by atoms with Crippen LogP contribution in [0.3, 0.4) is 0 Å². The van der Waals surface area contributed by atoms with Gasteiger partial charge in [0.1, 0.15) is 11.6 Å². The van der Waals surface area contributed by atoms with Crippen molar-refractivity contribution in [1.82, 2.24) is 5.32 Å². The Morgan fingerprint density at radius 3 is 2.86 bits per heavy atom. The first-order valence-corrected chi connectivity index (χ1v) is 9.32. The third-order valence-corrected chi connectivity index (χ3v) is 5.36. The minimum Gasteiger partial charge on any atom is -0.323 e. The van der Waals surface area contributed by atoms with Gasteiger partial charge >= 0.3 is 0 Å². The van der Waals surface area contributed by atoms with Crippen molar-refractivity contribution in [3.8, 4) is 0 Å². The van der Waals surface area contributed by atoms with Gasteiger partial charge in [0.2, 0.25) is 11.8 Å². The van der Waals surface area contributed by atoms with E-state index in [0.29, 0.717) is 25.1 Å². The zero-order valence-electron chi connectivity index (χ0n) is 15.5. The number of nitrogens with zero attached hydrogens (tertiary/aromatic N) is 1. The van der Waals surface area contributed by atoms with E-state index in [1.165, 1.54) is 11.0 Å². The number of hydrogen-bond acceptors (Lipinski definition) is 3. The number of carbonyl (C=O) groups excluding carboxylic acids is 2. The van der Waals surface area contributed by atoms with Gasteiger partial charge in [-0.2, -0.15) is 0 Å². The van der Waals surface area contributed by atoms with Gasteiger partial charge in [0, 0.05) is 19.5 Å². The van der Waals surface area contributed by atoms with Gasteiger partial charge in [-0.25, -0.2) is 8.78 Å². The third-order valence-electron chi connectivity index (χ3n) is 5.36. The minimum absolute atomic E-state index is 0.0321. The van der Waals surface area contributed by atoms with Crippen LogP contribution in [0.15, 0.2) is 30.3 Å². The fourth-order valence-corrected chi connectivity index (χ4v) is 3.81. The van der Waals surface area contributed by atoms with Crippen molar-refractivity contribution in [1.29, 1.82) is 0 Å². The summed E-state index contributed by atoms with van der Waals surface area (Å²) >= 11 is 0. The molecule has 0 spiro atoms. The van der Waals surface area contributed by atoms with Crippen LogP contribution in [0.5, 0.6) is 0 Å². The summed E-state index contributed by atoms with van der Waals surface area (Å²) in [4.78, 5) is 26.3. The quantitative estimate of drug-likeness (QED) is 0.854. The minimum atomic E-state index is -0.662. The Labute approximate surface area is 161 Å². The van der Waals surface area contributed by atoms with Crippen LogP contribution < -0.4 is 15.5 Å². The van der Waals surface area contributed by atoms with E-state index in [4.69, 9.17) is 0 Å². The Balaban J connectivity index is 1.50. The van der Waals surface area contributed by atoms with Gasteiger partial charge < -0.3 is 15.5 Å². The first-order valence-electron chi connectivity index (χ1n) is 9.32. The topological polar surface area (TPSA) is 61.4 Å². The van der Waals surface area contributed by atoms with Crippen molar-refractivity contribution in [3.63, 3.8) is 0 Å². The molecule has 0 aliphatic carbocycles. The summed E-state index contributed by atoms with van der Waals surface area (Å²) in [6.45, 7) is 3.13. The maximum atomic E-state index is 14.7. The van der Waals surface area contributed by atoms with Gasteiger partial charge in [0.05, 0.1) is 17.3 Å². The summed E-state index contributed by atoms with van der Waals surface area (Å²) in [6, 6.07) is 7.96. The molecule has 146 valence electrons. The summed E-state index contributed by atoms with van der Waals surface area (Å²) in [7, 11) is 0. The summed E-state index contributed by atoms with van der Waals surface area (Å²) in [5.41, 5.74) is 2.54. The zero-order valence-corrected chi connectivity index (χ0v) is 15.5. The van der Waals surface area contributed by atoms with E-state index in [1.807, 2.05) is 0 Å². The smallest absolute Gasteiger partial charge is 0.229 e. The molecule has 0 radical (unpaired) electrons. The van der Waals surface area contributed by atoms with Crippen LogP contribution in [0.25, 0.3) is 0 Å². The molecule has 4 rings (SSSR count). The molecular formula is C21H21F2N3O2.